The van der Waals surface area contributed by atoms with Crippen molar-refractivity contribution in [3.63, 3.8) is 0 Å². The Labute approximate surface area is 276 Å². The van der Waals surface area contributed by atoms with Gasteiger partial charge in [-0.2, -0.15) is 0 Å². The van der Waals surface area contributed by atoms with Crippen LogP contribution in [0.25, 0.3) is 22.3 Å². The number of carbonyl (C=O) groups is 1. The number of ether oxygens (including phenoxy) is 1. The normalized spacial score (nSPS) is 17.4. The summed E-state index contributed by atoms with van der Waals surface area (Å²) in [6, 6.07) is 17.7. The van der Waals surface area contributed by atoms with Gasteiger partial charge in [0.2, 0.25) is 0 Å². The summed E-state index contributed by atoms with van der Waals surface area (Å²) < 4.78 is 12.6. The zero-order valence-electron chi connectivity index (χ0n) is 25.9. The Hall–Kier alpha value is -2.99. The van der Waals surface area contributed by atoms with Gasteiger partial charge in [0, 0.05) is 23.1 Å². The van der Waals surface area contributed by atoms with Crippen LogP contribution in [0.4, 0.5) is 0 Å². The summed E-state index contributed by atoms with van der Waals surface area (Å²) >= 11 is 12.2. The molecule has 1 saturated heterocycles. The fourth-order valence-electron chi connectivity index (χ4n) is 7.00. The molecule has 4 aromatic rings. The van der Waals surface area contributed by atoms with Crippen LogP contribution in [0.15, 0.2) is 59.0 Å². The Morgan fingerprint density at radius 2 is 1.76 bits per heavy atom. The van der Waals surface area contributed by atoms with E-state index in [2.05, 4.69) is 22.3 Å². The number of piperidine rings is 1. The molecule has 3 aliphatic rings. The summed E-state index contributed by atoms with van der Waals surface area (Å²) in [6.07, 6.45) is 12.1. The maximum atomic E-state index is 12.9. The van der Waals surface area contributed by atoms with E-state index in [9.17, 15) is 4.79 Å². The summed E-state index contributed by atoms with van der Waals surface area (Å²) in [5, 5.41) is 4.96. The van der Waals surface area contributed by atoms with Crippen LogP contribution in [0.2, 0.25) is 10.0 Å². The van der Waals surface area contributed by atoms with Crippen LogP contribution in [0, 0.1) is 5.92 Å². The second-order valence-corrected chi connectivity index (χ2v) is 14.0. The molecule has 0 spiro atoms. The van der Waals surface area contributed by atoms with Gasteiger partial charge < -0.3 is 19.4 Å². The van der Waals surface area contributed by atoms with Gasteiger partial charge in [0.15, 0.2) is 0 Å². The second-order valence-electron chi connectivity index (χ2n) is 13.2. The lowest BCUT2D eigenvalue weighted by Crippen LogP contribution is -2.34. The summed E-state index contributed by atoms with van der Waals surface area (Å²) in [5.41, 5.74) is 6.71. The van der Waals surface area contributed by atoms with E-state index in [-0.39, 0.29) is 5.91 Å². The Kier molecular flexibility index (Phi) is 9.39. The Balaban J connectivity index is 0.868. The van der Waals surface area contributed by atoms with Crippen molar-refractivity contribution >= 4 is 40.1 Å². The Bertz CT molecular complexity index is 1670. The first kappa shape index (κ1) is 30.7. The van der Waals surface area contributed by atoms with Gasteiger partial charge in [-0.3, -0.25) is 4.79 Å². The smallest absolute Gasteiger partial charge is 0.251 e. The highest BCUT2D eigenvalue weighted by Crippen LogP contribution is 2.41. The molecule has 7 heteroatoms. The van der Waals surface area contributed by atoms with Gasteiger partial charge in [0.1, 0.15) is 17.1 Å². The minimum atomic E-state index is -0.0558. The number of hydrogen-bond donors (Lipinski definition) is 1. The molecule has 1 aromatic heterocycles. The quantitative estimate of drug-likeness (QED) is 0.165. The molecule has 2 heterocycles. The van der Waals surface area contributed by atoms with E-state index >= 15 is 0 Å². The lowest BCUT2D eigenvalue weighted by molar-refractivity contribution is 0.0952. The molecule has 3 aromatic carbocycles. The van der Waals surface area contributed by atoms with E-state index < -0.39 is 0 Å². The number of fused-ring (bicyclic) bond motifs is 2. The van der Waals surface area contributed by atoms with Crippen LogP contribution in [-0.4, -0.2) is 43.6 Å². The number of carbonyl (C=O) groups excluding carboxylic acids is 1. The van der Waals surface area contributed by atoms with E-state index in [1.54, 1.807) is 12.1 Å². The molecule has 1 aliphatic heterocycles. The predicted octanol–water partition coefficient (Wildman–Crippen LogP) is 9.46. The summed E-state index contributed by atoms with van der Waals surface area (Å²) in [7, 11) is 0. The lowest BCUT2D eigenvalue weighted by Gasteiger charge is -2.34. The van der Waals surface area contributed by atoms with Crippen molar-refractivity contribution in [3.05, 3.63) is 86.9 Å². The molecule has 0 atom stereocenters. The number of benzene rings is 3. The average molecular weight is 646 g/mol. The topological polar surface area (TPSA) is 54.7 Å². The van der Waals surface area contributed by atoms with E-state index in [0.717, 1.165) is 61.5 Å². The number of likely N-dealkylation sites (tertiary alicyclic amines) is 1. The Morgan fingerprint density at radius 3 is 2.58 bits per heavy atom. The number of furan rings is 1. The molecular weight excluding hydrogens is 603 g/mol. The highest BCUT2D eigenvalue weighted by molar-refractivity contribution is 6.42. The number of aryl methyl sites for hydroxylation is 1. The van der Waals surface area contributed by atoms with Crippen molar-refractivity contribution in [1.82, 2.24) is 10.2 Å². The number of nitrogens with one attached hydrogen (secondary N) is 1. The summed E-state index contributed by atoms with van der Waals surface area (Å²) in [4.78, 5) is 15.5. The third-order valence-electron chi connectivity index (χ3n) is 9.87. The Morgan fingerprint density at radius 1 is 0.911 bits per heavy atom. The average Bonchev–Trinajstić information content (AvgIpc) is 3.80. The fourth-order valence-corrected chi connectivity index (χ4v) is 7.30. The predicted molar refractivity (Wildman–Crippen MR) is 183 cm³/mol. The van der Waals surface area contributed by atoms with E-state index in [0.29, 0.717) is 33.8 Å². The zero-order chi connectivity index (χ0) is 30.8. The van der Waals surface area contributed by atoms with Crippen molar-refractivity contribution in [3.8, 4) is 17.1 Å². The molecule has 0 bridgehead atoms. The van der Waals surface area contributed by atoms with Crippen molar-refractivity contribution < 1.29 is 13.9 Å². The molecule has 7 rings (SSSR count). The first-order chi connectivity index (χ1) is 22.0. The first-order valence-electron chi connectivity index (χ1n) is 16.8. The third-order valence-corrected chi connectivity index (χ3v) is 10.6. The minimum Gasteiger partial charge on any atom is -0.493 e. The highest BCUT2D eigenvalue weighted by atomic mass is 35.5. The molecule has 1 amide bonds. The van der Waals surface area contributed by atoms with Gasteiger partial charge in [0.05, 0.1) is 16.7 Å². The molecule has 1 saturated carbocycles. The van der Waals surface area contributed by atoms with E-state index in [1.807, 2.05) is 30.3 Å². The molecule has 2 fully saturated rings. The van der Waals surface area contributed by atoms with Gasteiger partial charge in [-0.15, -0.1) is 0 Å². The molecule has 236 valence electrons. The van der Waals surface area contributed by atoms with Gasteiger partial charge in [0.25, 0.3) is 5.91 Å². The number of unbranched alkanes of at least 4 members (excludes halogenated alkanes) is 1. The molecule has 5 nitrogen and oxygen atoms in total. The maximum absolute atomic E-state index is 12.9. The number of nitrogens with zero attached hydrogens (tertiary/aromatic N) is 1. The van der Waals surface area contributed by atoms with Crippen LogP contribution < -0.4 is 10.1 Å². The maximum Gasteiger partial charge on any atom is 0.251 e. The van der Waals surface area contributed by atoms with Crippen molar-refractivity contribution in [1.29, 1.82) is 0 Å². The van der Waals surface area contributed by atoms with Gasteiger partial charge in [-0.25, -0.2) is 0 Å². The SMILES string of the molecule is O=C(NCCCCN1CCC(c2ccc3c(c2OCC2CC2)CCCC3)CC1)c1ccc2oc(-c3ccc(Cl)c(Cl)c3)cc2c1. The molecule has 2 aliphatic carbocycles. The monoisotopic (exact) mass is 644 g/mol. The van der Waals surface area contributed by atoms with Crippen LogP contribution in [0.1, 0.15) is 84.3 Å². The van der Waals surface area contributed by atoms with Crippen molar-refractivity contribution in [2.75, 3.05) is 32.8 Å². The highest BCUT2D eigenvalue weighted by Gasteiger charge is 2.28. The fraction of sp³-hybridized carbons (Fsp3) is 0.447. The number of amides is 1. The van der Waals surface area contributed by atoms with Crippen molar-refractivity contribution in [2.45, 2.75) is 70.1 Å². The van der Waals surface area contributed by atoms with E-state index in [4.69, 9.17) is 32.4 Å². The molecular formula is C38H42Cl2N2O3. The van der Waals surface area contributed by atoms with Crippen LogP contribution in [-0.2, 0) is 12.8 Å². The summed E-state index contributed by atoms with van der Waals surface area (Å²) in [5.74, 6) is 3.26. The number of halogens is 2. The van der Waals surface area contributed by atoms with Crippen LogP contribution in [0.3, 0.4) is 0 Å². The van der Waals surface area contributed by atoms with E-state index in [1.165, 1.54) is 73.8 Å². The van der Waals surface area contributed by atoms with Crippen molar-refractivity contribution in [2.24, 2.45) is 5.92 Å². The summed E-state index contributed by atoms with van der Waals surface area (Å²) in [6.45, 7) is 4.91. The largest absolute Gasteiger partial charge is 0.493 e. The molecule has 0 unspecified atom stereocenters. The van der Waals surface area contributed by atoms with Gasteiger partial charge in [-0.05, 0) is 155 Å². The third kappa shape index (κ3) is 7.21. The molecule has 0 radical (unpaired) electrons. The van der Waals surface area contributed by atoms with Crippen LogP contribution in [0.5, 0.6) is 5.75 Å². The first-order valence-corrected chi connectivity index (χ1v) is 17.5. The molecule has 1 N–H and O–H groups in total. The minimum absolute atomic E-state index is 0.0558. The number of rotatable bonds is 11. The van der Waals surface area contributed by atoms with Gasteiger partial charge >= 0.3 is 0 Å². The lowest BCUT2D eigenvalue weighted by atomic mass is 9.83. The zero-order valence-corrected chi connectivity index (χ0v) is 27.4. The van der Waals surface area contributed by atoms with Crippen LogP contribution >= 0.6 is 23.2 Å². The number of hydrogen-bond acceptors (Lipinski definition) is 4. The standard InChI is InChI=1S/C38H42Cl2N2O3/c39-33-13-10-28(22-34(33)40)36-23-30-21-29(11-14-35(30)45-36)38(43)41-17-3-4-18-42-19-15-27(16-20-42)32-12-9-26-5-1-2-6-31(26)37(32)44-24-25-7-8-25/h9-14,21-23,25,27H,1-8,15-20,24H2,(H,41,43). The van der Waals surface area contributed by atoms with Gasteiger partial charge in [-0.1, -0.05) is 35.3 Å². The second kappa shape index (κ2) is 13.8. The molecule has 45 heavy (non-hydrogen) atoms.